The number of ether oxygens (including phenoxy) is 2. The third-order valence-electron chi connectivity index (χ3n) is 14.1. The van der Waals surface area contributed by atoms with Crippen molar-refractivity contribution in [3.05, 3.63) is 223 Å². The molecule has 72 heavy (non-hydrogen) atoms. The molecule has 0 spiro atoms. The molecule has 0 bridgehead atoms. The van der Waals surface area contributed by atoms with Gasteiger partial charge in [-0.1, -0.05) is 110 Å². The summed E-state index contributed by atoms with van der Waals surface area (Å²) in [6.07, 6.45) is 4.35. The third kappa shape index (κ3) is 5.89. The van der Waals surface area contributed by atoms with Gasteiger partial charge in [-0.05, 0) is 97.9 Å². The molecule has 2 aliphatic rings. The Balaban J connectivity index is 1.13. The van der Waals surface area contributed by atoms with Gasteiger partial charge in [-0.3, -0.25) is 0 Å². The Hall–Kier alpha value is -9.01. The van der Waals surface area contributed by atoms with Crippen LogP contribution in [0.15, 0.2) is 243 Å². The largest absolute Gasteiger partial charge is 0.455 e. The predicted octanol–water partition coefficient (Wildman–Crippen LogP) is 16.0. The summed E-state index contributed by atoms with van der Waals surface area (Å²) in [5.74, 6) is 3.23. The second-order valence-electron chi connectivity index (χ2n) is 18.1. The molecule has 8 nitrogen and oxygen atoms in total. The Kier molecular flexibility index (Phi) is 9.17. The van der Waals surface area contributed by atoms with Crippen LogP contribution in [0.3, 0.4) is 0 Å². The minimum absolute atomic E-state index is 0.0598. The summed E-state index contributed by atoms with van der Waals surface area (Å²) in [5.41, 5.74) is 8.97. The third-order valence-corrected chi connectivity index (χ3v) is 18.6. The van der Waals surface area contributed by atoms with E-state index in [1.54, 1.807) is 12.1 Å². The first-order chi connectivity index (χ1) is 35.3. The lowest BCUT2D eigenvalue weighted by atomic mass is 10.0. The van der Waals surface area contributed by atoms with Crippen molar-refractivity contribution in [1.82, 2.24) is 13.7 Å². The maximum absolute atomic E-state index is 14.1. The number of para-hydroxylation sites is 6. The minimum Gasteiger partial charge on any atom is -0.455 e. The van der Waals surface area contributed by atoms with Gasteiger partial charge < -0.3 is 23.2 Å². The monoisotopic (exact) mass is 968 g/mol. The summed E-state index contributed by atoms with van der Waals surface area (Å²) in [4.78, 5) is 3.58. The van der Waals surface area contributed by atoms with E-state index in [4.69, 9.17) is 9.47 Å². The Bertz CT molecular complexity index is 4500. The zero-order chi connectivity index (χ0) is 48.4. The molecule has 12 aromatic rings. The van der Waals surface area contributed by atoms with E-state index in [1.807, 2.05) is 30.3 Å². The molecule has 9 aromatic carbocycles. The highest BCUT2D eigenvalue weighted by atomic mass is 32.2. The first kappa shape index (κ1) is 41.9. The van der Waals surface area contributed by atoms with Crippen molar-refractivity contribution in [3.8, 4) is 46.1 Å². The fourth-order valence-corrected chi connectivity index (χ4v) is 14.9. The molecule has 0 unspecified atom stereocenters. The van der Waals surface area contributed by atoms with Crippen molar-refractivity contribution in [2.24, 2.45) is 0 Å². The van der Waals surface area contributed by atoms with E-state index < -0.39 is 20.7 Å². The second kappa shape index (κ2) is 15.8. The average molecular weight is 969 g/mol. The number of allylic oxidation sites excluding steroid dienone is 5. The number of benzene rings is 9. The van der Waals surface area contributed by atoms with Gasteiger partial charge in [-0.2, -0.15) is 16.2 Å². The number of nitrogens with zero attached hydrogens (tertiary/aromatic N) is 4. The number of hydrogen-bond donors (Lipinski definition) is 1. The van der Waals surface area contributed by atoms with Crippen LogP contribution in [0.5, 0.6) is 23.0 Å². The van der Waals surface area contributed by atoms with E-state index >= 15 is 0 Å². The fourth-order valence-electron chi connectivity index (χ4n) is 11.2. The molecule has 10 heteroatoms. The molecule has 3 aromatic heterocycles. The molecular weight excluding hydrogens is 929 g/mol. The fraction of sp³-hybridized carbons (Fsp3) is 0.0161. The maximum atomic E-state index is 14.1. The molecule has 344 valence electrons. The number of hydrogen-bond acceptors (Lipinski definition) is 5. The van der Waals surface area contributed by atoms with E-state index in [1.165, 1.54) is 34.9 Å². The summed E-state index contributed by atoms with van der Waals surface area (Å²) in [6, 6.07) is 66.5. The molecule has 0 saturated heterocycles. The van der Waals surface area contributed by atoms with Gasteiger partial charge in [0.05, 0.1) is 60.2 Å². The molecule has 0 fully saturated rings. The van der Waals surface area contributed by atoms with Gasteiger partial charge in [0.15, 0.2) is 0 Å². The van der Waals surface area contributed by atoms with Crippen LogP contribution in [0.2, 0.25) is 0 Å². The first-order valence-corrected chi connectivity index (χ1v) is 26.4. The topological polar surface area (TPSA) is 91.2 Å². The Morgan fingerprint density at radius 3 is 1.46 bits per heavy atom. The molecule has 0 radical (unpaired) electrons. The van der Waals surface area contributed by atoms with Crippen LogP contribution in [-0.4, -0.2) is 22.1 Å². The van der Waals surface area contributed by atoms with Crippen LogP contribution in [0.1, 0.15) is 6.92 Å². The molecular formula is C62H40N4O4S2. The normalized spacial score (nSPS) is 13.8. The van der Waals surface area contributed by atoms with Crippen LogP contribution < -0.4 is 9.47 Å². The standard InChI is InChI=1S/C62H40N4O4S2/c1-3-17-39(37-63)34-38(2)72(67,68)43-32-30-41(31-33-43)65-48-24-11-8-21-45(48)57-60(65)56-44-20-7-10-23-47(44)64(40-18-5-4-6-19-40)59(56)58-46-22-9-12-25-49(46)66(61(57)58)42-35-52-62-53(36-42)70-51-27-14-16-29-55(51)71(62)54-28-15-13-26-50(54)69-52/h3-36,71H,1H2,2H3/b38-34+,39-17+. The van der Waals surface area contributed by atoms with Gasteiger partial charge in [0.2, 0.25) is 9.84 Å². The smallest absolute Gasteiger partial charge is 0.202 e. The van der Waals surface area contributed by atoms with Crippen LogP contribution in [0.4, 0.5) is 0 Å². The van der Waals surface area contributed by atoms with Gasteiger partial charge in [0.1, 0.15) is 23.0 Å². The summed E-state index contributed by atoms with van der Waals surface area (Å²) < 4.78 is 49.1. The van der Waals surface area contributed by atoms with Crippen molar-refractivity contribution in [2.75, 3.05) is 0 Å². The van der Waals surface area contributed by atoms with Crippen molar-refractivity contribution in [2.45, 2.75) is 26.5 Å². The number of rotatable bonds is 7. The highest BCUT2D eigenvalue weighted by Gasteiger charge is 2.36. The Labute approximate surface area is 416 Å². The molecule has 5 heterocycles. The van der Waals surface area contributed by atoms with E-state index in [0.717, 1.165) is 110 Å². The van der Waals surface area contributed by atoms with Gasteiger partial charge in [0, 0.05) is 70.5 Å². The molecule has 2 aliphatic heterocycles. The number of sulfone groups is 1. The minimum atomic E-state index is -3.95. The van der Waals surface area contributed by atoms with E-state index in [2.05, 4.69) is 172 Å². The number of thiol groups is 1. The van der Waals surface area contributed by atoms with Gasteiger partial charge in [-0.25, -0.2) is 8.42 Å². The van der Waals surface area contributed by atoms with Gasteiger partial charge in [0.25, 0.3) is 0 Å². The van der Waals surface area contributed by atoms with E-state index in [9.17, 15) is 13.7 Å². The van der Waals surface area contributed by atoms with Crippen molar-refractivity contribution in [3.63, 3.8) is 0 Å². The number of fused-ring (bicyclic) bond motifs is 16. The number of nitriles is 1. The van der Waals surface area contributed by atoms with Gasteiger partial charge in [-0.15, -0.1) is 0 Å². The maximum Gasteiger partial charge on any atom is 0.202 e. The Morgan fingerprint density at radius 2 is 0.972 bits per heavy atom. The second-order valence-corrected chi connectivity index (χ2v) is 22.3. The lowest BCUT2D eigenvalue weighted by Gasteiger charge is -2.37. The SMILES string of the molecule is C=C/C=C(C#N)\C=C(/C)S(=O)(=O)c1ccc(-n2c3ccccc3c3c2c2c4ccccc4n(-c4ccccc4)c2c2c4ccccc4n(-c4cc5c6c(c4)Oc4ccccc4[SH]6c4ccccc4O5)c23)cc1. The van der Waals surface area contributed by atoms with Crippen LogP contribution >= 0.6 is 10.9 Å². The summed E-state index contributed by atoms with van der Waals surface area (Å²) >= 11 is 0. The quantitative estimate of drug-likeness (QED) is 0.0976. The van der Waals surface area contributed by atoms with E-state index in [0.29, 0.717) is 0 Å². The van der Waals surface area contributed by atoms with Crippen LogP contribution in [-0.2, 0) is 9.84 Å². The predicted molar refractivity (Wildman–Crippen MR) is 291 cm³/mol. The van der Waals surface area contributed by atoms with Crippen molar-refractivity contribution < 1.29 is 17.9 Å². The van der Waals surface area contributed by atoms with Gasteiger partial charge >= 0.3 is 0 Å². The molecule has 0 aliphatic carbocycles. The summed E-state index contributed by atoms with van der Waals surface area (Å²) in [6.45, 7) is 5.19. The lowest BCUT2D eigenvalue weighted by molar-refractivity contribution is 0.416. The summed E-state index contributed by atoms with van der Waals surface area (Å²) in [7, 11) is -4.92. The van der Waals surface area contributed by atoms with Crippen molar-refractivity contribution in [1.29, 1.82) is 5.26 Å². The lowest BCUT2D eigenvalue weighted by Crippen LogP contribution is -2.09. The molecule has 0 saturated carbocycles. The zero-order valence-corrected chi connectivity index (χ0v) is 40.3. The van der Waals surface area contributed by atoms with Crippen LogP contribution in [0, 0.1) is 11.3 Å². The number of aromatic nitrogens is 3. The molecule has 0 N–H and O–H groups in total. The highest BCUT2D eigenvalue weighted by Crippen LogP contribution is 2.69. The Morgan fingerprint density at radius 1 is 0.542 bits per heavy atom. The molecule has 0 amide bonds. The van der Waals surface area contributed by atoms with E-state index in [-0.39, 0.29) is 15.4 Å². The molecule has 14 rings (SSSR count). The van der Waals surface area contributed by atoms with Crippen LogP contribution in [0.25, 0.3) is 82.5 Å². The average Bonchev–Trinajstić information content (AvgIpc) is 4.07. The zero-order valence-electron chi connectivity index (χ0n) is 38.6. The molecule has 0 atom stereocenters. The summed E-state index contributed by atoms with van der Waals surface area (Å²) in [5, 5.41) is 16.1. The van der Waals surface area contributed by atoms with Crippen molar-refractivity contribution >= 4 is 86.1 Å². The highest BCUT2D eigenvalue weighted by molar-refractivity contribution is 8.17. The first-order valence-electron chi connectivity index (χ1n) is 23.6.